The second kappa shape index (κ2) is 7.77. The predicted octanol–water partition coefficient (Wildman–Crippen LogP) is 1.49. The number of nitrogens with one attached hydrogen (secondary N) is 1. The molecule has 1 aromatic carbocycles. The molecule has 0 aliphatic carbocycles. The molecule has 2 rings (SSSR count). The molecule has 3 N–H and O–H groups in total. The Balaban J connectivity index is 1.96. The van der Waals surface area contributed by atoms with Crippen LogP contribution >= 0.6 is 0 Å². The van der Waals surface area contributed by atoms with Crippen LogP contribution in [-0.2, 0) is 6.54 Å². The van der Waals surface area contributed by atoms with Crippen molar-refractivity contribution < 1.29 is 15.0 Å². The van der Waals surface area contributed by atoms with Gasteiger partial charge in [0.25, 0.3) is 0 Å². The van der Waals surface area contributed by atoms with E-state index in [1.54, 1.807) is 0 Å². The Bertz CT molecular complexity index is 534. The van der Waals surface area contributed by atoms with Gasteiger partial charge in [0, 0.05) is 18.8 Å². The van der Waals surface area contributed by atoms with Crippen LogP contribution in [0, 0.1) is 0 Å². The molecule has 1 aromatic rings. The molecule has 128 valence electrons. The smallest absolute Gasteiger partial charge is 0.321 e. The minimum atomic E-state index is -1.16. The van der Waals surface area contributed by atoms with E-state index in [2.05, 4.69) is 24.1 Å². The lowest BCUT2D eigenvalue weighted by Crippen LogP contribution is -2.40. The second-order valence-corrected chi connectivity index (χ2v) is 6.15. The lowest BCUT2D eigenvalue weighted by molar-refractivity contribution is -0.00246. The molecule has 1 atom stereocenters. The topological polar surface area (TPSA) is 76.0 Å². The number of amides is 2. The zero-order valence-electron chi connectivity index (χ0n) is 14.0. The van der Waals surface area contributed by atoms with Gasteiger partial charge in [-0.3, -0.25) is 4.90 Å². The minimum Gasteiger partial charge on any atom is -0.393 e. The van der Waals surface area contributed by atoms with Gasteiger partial charge in [-0.25, -0.2) is 4.79 Å². The van der Waals surface area contributed by atoms with Gasteiger partial charge in [-0.05, 0) is 37.2 Å². The van der Waals surface area contributed by atoms with E-state index in [1.807, 2.05) is 24.3 Å². The zero-order valence-corrected chi connectivity index (χ0v) is 14.0. The Morgan fingerprint density at radius 2 is 2.13 bits per heavy atom. The van der Waals surface area contributed by atoms with Crippen LogP contribution in [0.25, 0.3) is 0 Å². The van der Waals surface area contributed by atoms with Crippen molar-refractivity contribution in [1.82, 2.24) is 9.80 Å². The Kier molecular flexibility index (Phi) is 5.98. The Hall–Kier alpha value is -1.63. The molecule has 6 heteroatoms. The Morgan fingerprint density at radius 1 is 1.39 bits per heavy atom. The second-order valence-electron chi connectivity index (χ2n) is 6.15. The third-order valence-electron chi connectivity index (χ3n) is 4.39. The van der Waals surface area contributed by atoms with Crippen molar-refractivity contribution in [3.05, 3.63) is 29.8 Å². The summed E-state index contributed by atoms with van der Waals surface area (Å²) in [5, 5.41) is 22.0. The molecule has 1 heterocycles. The number of anilines is 1. The highest BCUT2D eigenvalue weighted by molar-refractivity contribution is 5.89. The number of urea groups is 1. The molecule has 0 spiro atoms. The van der Waals surface area contributed by atoms with Gasteiger partial charge in [-0.1, -0.05) is 26.0 Å². The van der Waals surface area contributed by atoms with Crippen molar-refractivity contribution in [3.8, 4) is 0 Å². The Morgan fingerprint density at radius 3 is 2.74 bits per heavy atom. The van der Waals surface area contributed by atoms with Crippen LogP contribution in [0.4, 0.5) is 10.5 Å². The predicted molar refractivity (Wildman–Crippen MR) is 90.3 cm³/mol. The lowest BCUT2D eigenvalue weighted by atomic mass is 10.1. The first kappa shape index (κ1) is 17.7. The standard InChI is InChI=1S/C17H27N3O3/c1-3-19(4-2)11-14-6-5-7-15(10-14)18-16(22)20-9-8-17(23,12-20)13-21/h5-7,10,21,23H,3-4,8-9,11-13H2,1-2H3,(H,18,22). The summed E-state index contributed by atoms with van der Waals surface area (Å²) in [7, 11) is 0. The zero-order chi connectivity index (χ0) is 16.9. The van der Waals surface area contributed by atoms with E-state index < -0.39 is 5.60 Å². The normalized spacial score (nSPS) is 21.0. The van der Waals surface area contributed by atoms with E-state index in [4.69, 9.17) is 5.11 Å². The van der Waals surface area contributed by atoms with Gasteiger partial charge in [0.2, 0.25) is 0 Å². The first-order chi connectivity index (χ1) is 11.0. The van der Waals surface area contributed by atoms with Crippen LogP contribution in [-0.4, -0.2) is 64.4 Å². The van der Waals surface area contributed by atoms with Gasteiger partial charge in [0.15, 0.2) is 0 Å². The molecule has 1 aliphatic heterocycles. The molecule has 1 saturated heterocycles. The number of aliphatic hydroxyl groups excluding tert-OH is 1. The number of aliphatic hydroxyl groups is 2. The SMILES string of the molecule is CCN(CC)Cc1cccc(NC(=O)N2CCC(O)(CO)C2)c1. The largest absolute Gasteiger partial charge is 0.393 e. The number of hydrogen-bond donors (Lipinski definition) is 3. The van der Waals surface area contributed by atoms with E-state index in [0.29, 0.717) is 13.0 Å². The molecule has 0 saturated carbocycles. The van der Waals surface area contributed by atoms with Gasteiger partial charge in [-0.2, -0.15) is 0 Å². The number of nitrogens with zero attached hydrogens (tertiary/aromatic N) is 2. The summed E-state index contributed by atoms with van der Waals surface area (Å²) in [5.74, 6) is 0. The summed E-state index contributed by atoms with van der Waals surface area (Å²) >= 11 is 0. The molecule has 0 radical (unpaired) electrons. The average Bonchev–Trinajstić information content (AvgIpc) is 2.96. The monoisotopic (exact) mass is 321 g/mol. The summed E-state index contributed by atoms with van der Waals surface area (Å²) in [4.78, 5) is 16.1. The van der Waals surface area contributed by atoms with Crippen molar-refractivity contribution in [3.63, 3.8) is 0 Å². The summed E-state index contributed by atoms with van der Waals surface area (Å²) in [6.07, 6.45) is 0.402. The van der Waals surface area contributed by atoms with Crippen molar-refractivity contribution in [2.45, 2.75) is 32.4 Å². The fourth-order valence-corrected chi connectivity index (χ4v) is 2.81. The van der Waals surface area contributed by atoms with Gasteiger partial charge < -0.3 is 20.4 Å². The minimum absolute atomic E-state index is 0.161. The van der Waals surface area contributed by atoms with Crippen LogP contribution in [0.5, 0.6) is 0 Å². The molecular formula is C17H27N3O3. The fraction of sp³-hybridized carbons (Fsp3) is 0.588. The van der Waals surface area contributed by atoms with E-state index in [-0.39, 0.29) is 19.2 Å². The fourth-order valence-electron chi connectivity index (χ4n) is 2.81. The third kappa shape index (κ3) is 4.67. The maximum absolute atomic E-state index is 12.3. The van der Waals surface area contributed by atoms with Gasteiger partial charge in [0.1, 0.15) is 5.60 Å². The van der Waals surface area contributed by atoms with Crippen LogP contribution in [0.15, 0.2) is 24.3 Å². The number of benzene rings is 1. The number of rotatable bonds is 6. The highest BCUT2D eigenvalue weighted by atomic mass is 16.3. The summed E-state index contributed by atoms with van der Waals surface area (Å²) in [6.45, 7) is 7.37. The maximum atomic E-state index is 12.3. The van der Waals surface area contributed by atoms with E-state index in [9.17, 15) is 9.90 Å². The molecule has 1 unspecified atom stereocenters. The average molecular weight is 321 g/mol. The molecule has 0 aromatic heterocycles. The quantitative estimate of drug-likeness (QED) is 0.742. The first-order valence-corrected chi connectivity index (χ1v) is 8.20. The number of carbonyl (C=O) groups excluding carboxylic acids is 1. The van der Waals surface area contributed by atoms with E-state index in [0.717, 1.165) is 30.9 Å². The number of β-amino-alcohol motifs (C(OH)–C–C–N with tert-alkyl or cyclic N) is 1. The number of likely N-dealkylation sites (tertiary alicyclic amines) is 1. The van der Waals surface area contributed by atoms with Crippen molar-refractivity contribution in [2.75, 3.05) is 38.1 Å². The molecule has 0 bridgehead atoms. The molecule has 2 amide bonds. The molecule has 1 fully saturated rings. The van der Waals surface area contributed by atoms with Gasteiger partial charge in [-0.15, -0.1) is 0 Å². The maximum Gasteiger partial charge on any atom is 0.321 e. The first-order valence-electron chi connectivity index (χ1n) is 8.20. The van der Waals surface area contributed by atoms with E-state index in [1.165, 1.54) is 4.90 Å². The highest BCUT2D eigenvalue weighted by Crippen LogP contribution is 2.22. The van der Waals surface area contributed by atoms with Gasteiger partial charge in [0.05, 0.1) is 13.2 Å². The molecule has 6 nitrogen and oxygen atoms in total. The third-order valence-corrected chi connectivity index (χ3v) is 4.39. The van der Waals surface area contributed by atoms with Crippen molar-refractivity contribution in [1.29, 1.82) is 0 Å². The summed E-state index contributed by atoms with van der Waals surface area (Å²) < 4.78 is 0. The van der Waals surface area contributed by atoms with Crippen LogP contribution < -0.4 is 5.32 Å². The van der Waals surface area contributed by atoms with Crippen molar-refractivity contribution in [2.24, 2.45) is 0 Å². The van der Waals surface area contributed by atoms with Crippen LogP contribution in [0.1, 0.15) is 25.8 Å². The van der Waals surface area contributed by atoms with Crippen LogP contribution in [0.3, 0.4) is 0 Å². The van der Waals surface area contributed by atoms with Crippen molar-refractivity contribution >= 4 is 11.7 Å². The van der Waals surface area contributed by atoms with Gasteiger partial charge >= 0.3 is 6.03 Å². The number of carbonyl (C=O) groups is 1. The lowest BCUT2D eigenvalue weighted by Gasteiger charge is -2.21. The molecule has 23 heavy (non-hydrogen) atoms. The summed E-state index contributed by atoms with van der Waals surface area (Å²) in [5.41, 5.74) is 0.737. The Labute approximate surface area is 137 Å². The molecular weight excluding hydrogens is 294 g/mol. The number of hydrogen-bond acceptors (Lipinski definition) is 4. The molecule has 1 aliphatic rings. The van der Waals surface area contributed by atoms with E-state index >= 15 is 0 Å². The summed E-state index contributed by atoms with van der Waals surface area (Å²) in [6, 6.07) is 7.58. The highest BCUT2D eigenvalue weighted by Gasteiger charge is 2.37. The van der Waals surface area contributed by atoms with Crippen LogP contribution in [0.2, 0.25) is 0 Å².